The van der Waals surface area contributed by atoms with Crippen LogP contribution in [0.3, 0.4) is 0 Å². The first kappa shape index (κ1) is 21.7. The van der Waals surface area contributed by atoms with Crippen molar-refractivity contribution in [1.82, 2.24) is 19.5 Å². The zero-order chi connectivity index (χ0) is 23.3. The molecule has 0 bridgehead atoms. The fourth-order valence-electron chi connectivity index (χ4n) is 3.59. The second-order valence-electron chi connectivity index (χ2n) is 7.45. The summed E-state index contributed by atoms with van der Waals surface area (Å²) in [5, 5.41) is 13.4. The van der Waals surface area contributed by atoms with Gasteiger partial charge < -0.3 is 15.3 Å². The molecule has 1 fully saturated rings. The van der Waals surface area contributed by atoms with Gasteiger partial charge in [-0.05, 0) is 30.3 Å². The van der Waals surface area contributed by atoms with Gasteiger partial charge in [-0.15, -0.1) is 0 Å². The van der Waals surface area contributed by atoms with E-state index in [1.54, 1.807) is 18.2 Å². The number of β-amino-alcohol motifs (C(OH)–C–C–N with tert-alkyl or cyclic N) is 1. The quantitative estimate of drug-likeness (QED) is 0.389. The van der Waals surface area contributed by atoms with Crippen LogP contribution in [-0.4, -0.2) is 43.8 Å². The second kappa shape index (κ2) is 8.35. The lowest BCUT2D eigenvalue weighted by Gasteiger charge is -2.38. The molecular weight excluding hydrogens is 491 g/mol. The zero-order valence-corrected chi connectivity index (χ0v) is 19.0. The monoisotopic (exact) mass is 504 g/mol. The normalized spacial score (nSPS) is 13.9. The van der Waals surface area contributed by atoms with Gasteiger partial charge in [0.15, 0.2) is 5.65 Å². The van der Waals surface area contributed by atoms with Crippen molar-refractivity contribution >= 4 is 63.2 Å². The highest BCUT2D eigenvalue weighted by molar-refractivity contribution is 6.37. The Kier molecular flexibility index (Phi) is 5.49. The Bertz CT molecular complexity index is 1490. The van der Waals surface area contributed by atoms with Crippen LogP contribution in [0.5, 0.6) is 0 Å². The van der Waals surface area contributed by atoms with Crippen LogP contribution in [0.15, 0.2) is 52.2 Å². The predicted octanol–water partition coefficient (Wildman–Crippen LogP) is 3.35. The fourth-order valence-corrected chi connectivity index (χ4v) is 4.46. The smallest absolute Gasteiger partial charge is 0.334 e. The van der Waals surface area contributed by atoms with E-state index in [9.17, 15) is 14.7 Å². The van der Waals surface area contributed by atoms with Crippen LogP contribution in [0.1, 0.15) is 0 Å². The summed E-state index contributed by atoms with van der Waals surface area (Å²) in [4.78, 5) is 38.7. The van der Waals surface area contributed by atoms with Crippen LogP contribution in [0.25, 0.3) is 16.7 Å². The summed E-state index contributed by atoms with van der Waals surface area (Å²) < 4.78 is 0.856. The third kappa shape index (κ3) is 3.93. The van der Waals surface area contributed by atoms with E-state index in [4.69, 9.17) is 34.8 Å². The van der Waals surface area contributed by atoms with E-state index < -0.39 is 11.2 Å². The van der Waals surface area contributed by atoms with Crippen LogP contribution in [0.4, 0.5) is 17.3 Å². The zero-order valence-electron chi connectivity index (χ0n) is 16.7. The molecule has 1 saturated heterocycles. The Morgan fingerprint density at radius 3 is 2.45 bits per heavy atom. The Balaban J connectivity index is 1.49. The van der Waals surface area contributed by atoms with Crippen molar-refractivity contribution in [3.8, 4) is 5.69 Å². The number of rotatable bonds is 4. The number of hydrogen-bond donors (Lipinski definition) is 3. The average Bonchev–Trinajstić information content (AvgIpc) is 2.74. The number of fused-ring (bicyclic) bond motifs is 1. The van der Waals surface area contributed by atoms with Gasteiger partial charge in [0.1, 0.15) is 5.39 Å². The summed E-state index contributed by atoms with van der Waals surface area (Å²) in [7, 11) is 0. The second-order valence-corrected chi connectivity index (χ2v) is 8.67. The first-order valence-corrected chi connectivity index (χ1v) is 10.9. The van der Waals surface area contributed by atoms with Gasteiger partial charge in [-0.1, -0.05) is 40.9 Å². The lowest BCUT2D eigenvalue weighted by atomic mass is 10.1. The number of aromatic amines is 1. The summed E-state index contributed by atoms with van der Waals surface area (Å²) in [5.74, 6) is 0.161. The fraction of sp³-hybridized carbons (Fsp3) is 0.143. The summed E-state index contributed by atoms with van der Waals surface area (Å²) in [6.07, 6.45) is 0.965. The molecule has 0 spiro atoms. The average molecular weight is 506 g/mol. The molecule has 168 valence electrons. The maximum Gasteiger partial charge on any atom is 0.334 e. The Labute approximate surface area is 201 Å². The van der Waals surface area contributed by atoms with Crippen molar-refractivity contribution < 1.29 is 5.11 Å². The molecule has 0 amide bonds. The number of aliphatic hydroxyl groups is 1. The van der Waals surface area contributed by atoms with E-state index in [-0.39, 0.29) is 38.8 Å². The van der Waals surface area contributed by atoms with Crippen molar-refractivity contribution in [1.29, 1.82) is 0 Å². The van der Waals surface area contributed by atoms with Crippen molar-refractivity contribution in [2.75, 3.05) is 23.3 Å². The van der Waals surface area contributed by atoms with Crippen LogP contribution in [0.2, 0.25) is 15.1 Å². The van der Waals surface area contributed by atoms with Gasteiger partial charge in [-0.3, -0.25) is 9.78 Å². The van der Waals surface area contributed by atoms with E-state index >= 15 is 0 Å². The molecular formula is C21H15Cl3N6O3. The minimum Gasteiger partial charge on any atom is -0.389 e. The lowest BCUT2D eigenvalue weighted by molar-refractivity contribution is 0.142. The number of halogens is 3. The van der Waals surface area contributed by atoms with E-state index in [2.05, 4.69) is 20.3 Å². The molecule has 0 atom stereocenters. The van der Waals surface area contributed by atoms with Gasteiger partial charge in [-0.2, -0.15) is 4.98 Å². The van der Waals surface area contributed by atoms with Crippen LogP contribution in [-0.2, 0) is 0 Å². The first-order chi connectivity index (χ1) is 15.8. The molecule has 9 nitrogen and oxygen atoms in total. The van der Waals surface area contributed by atoms with Crippen molar-refractivity contribution in [3.63, 3.8) is 0 Å². The molecule has 12 heteroatoms. The van der Waals surface area contributed by atoms with Gasteiger partial charge in [-0.25, -0.2) is 14.3 Å². The van der Waals surface area contributed by atoms with E-state index in [1.165, 1.54) is 18.3 Å². The molecule has 0 radical (unpaired) electrons. The number of benzene rings is 2. The molecule has 3 heterocycles. The van der Waals surface area contributed by atoms with Crippen molar-refractivity contribution in [3.05, 3.63) is 78.5 Å². The molecule has 2 aromatic heterocycles. The maximum atomic E-state index is 13.0. The van der Waals surface area contributed by atoms with E-state index in [0.29, 0.717) is 23.8 Å². The molecule has 0 saturated carbocycles. The molecule has 0 aliphatic carbocycles. The molecule has 4 aromatic rings. The number of para-hydroxylation sites is 1. The third-order valence-electron chi connectivity index (χ3n) is 5.22. The molecule has 0 unspecified atom stereocenters. The van der Waals surface area contributed by atoms with E-state index in [1.807, 2.05) is 11.0 Å². The number of hydrogen-bond acceptors (Lipinski definition) is 7. The summed E-state index contributed by atoms with van der Waals surface area (Å²) >= 11 is 18.7. The Morgan fingerprint density at radius 1 is 1.06 bits per heavy atom. The predicted molar refractivity (Wildman–Crippen MR) is 129 cm³/mol. The van der Waals surface area contributed by atoms with Crippen LogP contribution < -0.4 is 21.5 Å². The molecule has 1 aliphatic rings. The van der Waals surface area contributed by atoms with Crippen molar-refractivity contribution in [2.24, 2.45) is 0 Å². The SMILES string of the molecule is O=c1[nH]c2nc(Nc3ccc(N4CC(O)C4)c(Cl)c3)ncc2c(=O)n1-c1c(Cl)cccc1Cl. The lowest BCUT2D eigenvalue weighted by Crippen LogP contribution is -2.50. The summed E-state index contributed by atoms with van der Waals surface area (Å²) in [6.45, 7) is 1.06. The van der Waals surface area contributed by atoms with Crippen LogP contribution in [0, 0.1) is 0 Å². The Hall–Kier alpha value is -3.11. The van der Waals surface area contributed by atoms with Gasteiger partial charge in [0.25, 0.3) is 5.56 Å². The Morgan fingerprint density at radius 2 is 1.79 bits per heavy atom. The van der Waals surface area contributed by atoms with Gasteiger partial charge >= 0.3 is 5.69 Å². The number of nitrogens with one attached hydrogen (secondary N) is 2. The molecule has 2 aromatic carbocycles. The first-order valence-electron chi connectivity index (χ1n) is 9.78. The van der Waals surface area contributed by atoms with Gasteiger partial charge in [0.05, 0.1) is 32.5 Å². The summed E-state index contributed by atoms with van der Waals surface area (Å²) in [6, 6.07) is 9.99. The van der Waals surface area contributed by atoms with E-state index in [0.717, 1.165) is 10.3 Å². The molecule has 5 rings (SSSR count). The van der Waals surface area contributed by atoms with Gasteiger partial charge in [0, 0.05) is 25.0 Å². The highest BCUT2D eigenvalue weighted by Gasteiger charge is 2.26. The van der Waals surface area contributed by atoms with Crippen molar-refractivity contribution in [2.45, 2.75) is 6.10 Å². The topological polar surface area (TPSA) is 116 Å². The highest BCUT2D eigenvalue weighted by Crippen LogP contribution is 2.32. The number of nitrogens with zero attached hydrogens (tertiary/aromatic N) is 4. The molecule has 3 N–H and O–H groups in total. The third-order valence-corrected chi connectivity index (χ3v) is 6.13. The minimum absolute atomic E-state index is 0.0548. The number of anilines is 3. The minimum atomic E-state index is -0.740. The molecule has 33 heavy (non-hydrogen) atoms. The maximum absolute atomic E-state index is 13.0. The number of H-pyrrole nitrogens is 1. The number of aliphatic hydroxyl groups excluding tert-OH is 1. The standard InChI is InChI=1S/C21H15Cl3N6O3/c22-13-2-1-3-14(23)17(13)30-19(32)12-7-25-20(27-18(12)28-21(30)33)26-10-4-5-16(15(24)6-10)29-8-11(31)9-29/h1-7,11,31H,8-9H2,(H2,25,26,27,28,33). The van der Waals surface area contributed by atoms with Gasteiger partial charge in [0.2, 0.25) is 5.95 Å². The largest absolute Gasteiger partial charge is 0.389 e. The van der Waals surface area contributed by atoms with Crippen LogP contribution >= 0.6 is 34.8 Å². The number of aromatic nitrogens is 4. The highest BCUT2D eigenvalue weighted by atomic mass is 35.5. The molecule has 1 aliphatic heterocycles. The summed E-state index contributed by atoms with van der Waals surface area (Å²) in [5.41, 5.74) is 0.174.